The number of halogens is 1. The predicted molar refractivity (Wildman–Crippen MR) is 78.8 cm³/mol. The molecule has 102 valence electrons. The van der Waals surface area contributed by atoms with E-state index in [4.69, 9.17) is 0 Å². The van der Waals surface area contributed by atoms with E-state index >= 15 is 0 Å². The van der Waals surface area contributed by atoms with Crippen LogP contribution in [0.2, 0.25) is 0 Å². The molecule has 2 N–H and O–H groups in total. The quantitative estimate of drug-likeness (QED) is 0.786. The Bertz CT molecular complexity index is 487. The molecule has 2 heterocycles. The highest BCUT2D eigenvalue weighted by Gasteiger charge is 2.23. The summed E-state index contributed by atoms with van der Waals surface area (Å²) in [6, 6.07) is 4.23. The van der Waals surface area contributed by atoms with Crippen molar-refractivity contribution in [1.29, 1.82) is 0 Å². The van der Waals surface area contributed by atoms with Crippen molar-refractivity contribution in [1.82, 2.24) is 10.6 Å². The molecule has 1 saturated heterocycles. The van der Waals surface area contributed by atoms with Crippen LogP contribution in [0.5, 0.6) is 0 Å². The summed E-state index contributed by atoms with van der Waals surface area (Å²) in [5.74, 6) is 0.555. The Balaban J connectivity index is 1.66. The Morgan fingerprint density at radius 1 is 1.50 bits per heavy atom. The standard InChI is InChI=1S/C11H17BrN2O2S2/c12-11-2-1-10(17-11)7-13-4-3-9-8-18(15,16)6-5-14-9/h1-2,9,13-14H,3-8H2. The molecular formula is C11H17BrN2O2S2. The highest BCUT2D eigenvalue weighted by atomic mass is 79.9. The summed E-state index contributed by atoms with van der Waals surface area (Å²) in [4.78, 5) is 1.28. The fraction of sp³-hybridized carbons (Fsp3) is 0.636. The number of nitrogens with one attached hydrogen (secondary N) is 2. The summed E-state index contributed by atoms with van der Waals surface area (Å²) in [5.41, 5.74) is 0. The molecule has 1 aliphatic heterocycles. The first kappa shape index (κ1) is 14.5. The lowest BCUT2D eigenvalue weighted by Gasteiger charge is -2.23. The van der Waals surface area contributed by atoms with Gasteiger partial charge in [-0.25, -0.2) is 8.42 Å². The molecule has 0 aromatic carbocycles. The highest BCUT2D eigenvalue weighted by molar-refractivity contribution is 9.11. The molecule has 0 spiro atoms. The monoisotopic (exact) mass is 352 g/mol. The van der Waals surface area contributed by atoms with Gasteiger partial charge in [-0.2, -0.15) is 0 Å². The molecule has 1 aliphatic rings. The second kappa shape index (κ2) is 6.47. The van der Waals surface area contributed by atoms with E-state index in [1.165, 1.54) is 4.88 Å². The lowest BCUT2D eigenvalue weighted by Crippen LogP contribution is -2.46. The smallest absolute Gasteiger partial charge is 0.153 e. The fourth-order valence-corrected chi connectivity index (χ4v) is 4.93. The van der Waals surface area contributed by atoms with Crippen LogP contribution in [0.4, 0.5) is 0 Å². The summed E-state index contributed by atoms with van der Waals surface area (Å²) in [5, 5.41) is 6.60. The van der Waals surface area contributed by atoms with Gasteiger partial charge in [0.25, 0.3) is 0 Å². The van der Waals surface area contributed by atoms with Crippen molar-refractivity contribution < 1.29 is 8.42 Å². The van der Waals surface area contributed by atoms with E-state index < -0.39 is 9.84 Å². The van der Waals surface area contributed by atoms with Crippen molar-refractivity contribution in [3.05, 3.63) is 20.8 Å². The lowest BCUT2D eigenvalue weighted by molar-refractivity contribution is 0.479. The van der Waals surface area contributed by atoms with Gasteiger partial charge in [-0.1, -0.05) is 0 Å². The van der Waals surface area contributed by atoms with Gasteiger partial charge in [-0.05, 0) is 41.0 Å². The molecule has 7 heteroatoms. The Labute approximate surface area is 120 Å². The van der Waals surface area contributed by atoms with Gasteiger partial charge >= 0.3 is 0 Å². The van der Waals surface area contributed by atoms with Crippen LogP contribution in [-0.2, 0) is 16.4 Å². The molecule has 0 radical (unpaired) electrons. The van der Waals surface area contributed by atoms with E-state index in [0.29, 0.717) is 6.54 Å². The molecule has 0 aliphatic carbocycles. The molecule has 0 saturated carbocycles. The Kier molecular flexibility index (Phi) is 5.20. The molecule has 1 aromatic rings. The minimum absolute atomic E-state index is 0.103. The number of rotatable bonds is 5. The molecule has 0 amide bonds. The van der Waals surface area contributed by atoms with Crippen molar-refractivity contribution in [3.63, 3.8) is 0 Å². The maximum atomic E-state index is 11.5. The average Bonchev–Trinajstić information content (AvgIpc) is 2.69. The summed E-state index contributed by atoms with van der Waals surface area (Å²) in [6.07, 6.45) is 0.853. The number of thiophene rings is 1. The molecule has 0 bridgehead atoms. The maximum Gasteiger partial charge on any atom is 0.153 e. The molecule has 1 atom stereocenters. The number of hydrogen-bond donors (Lipinski definition) is 2. The van der Waals surface area contributed by atoms with Gasteiger partial charge in [0.05, 0.1) is 15.3 Å². The van der Waals surface area contributed by atoms with E-state index in [1.807, 2.05) is 6.07 Å². The first-order chi connectivity index (χ1) is 8.55. The second-order valence-corrected chi connectivity index (χ2v) is 9.21. The number of hydrogen-bond acceptors (Lipinski definition) is 5. The lowest BCUT2D eigenvalue weighted by atomic mass is 10.2. The van der Waals surface area contributed by atoms with Crippen LogP contribution in [0, 0.1) is 0 Å². The zero-order chi connectivity index (χ0) is 13.0. The van der Waals surface area contributed by atoms with Crippen LogP contribution < -0.4 is 10.6 Å². The topological polar surface area (TPSA) is 58.2 Å². The van der Waals surface area contributed by atoms with Crippen molar-refractivity contribution in [2.24, 2.45) is 0 Å². The van der Waals surface area contributed by atoms with Crippen molar-refractivity contribution in [2.45, 2.75) is 19.0 Å². The zero-order valence-electron chi connectivity index (χ0n) is 9.99. The Hall–Kier alpha value is 0.0500. The van der Waals surface area contributed by atoms with Gasteiger partial charge in [0.1, 0.15) is 0 Å². The van der Waals surface area contributed by atoms with Gasteiger partial charge in [0.2, 0.25) is 0 Å². The van der Waals surface area contributed by atoms with E-state index in [9.17, 15) is 8.42 Å². The Morgan fingerprint density at radius 3 is 3.00 bits per heavy atom. The summed E-state index contributed by atoms with van der Waals surface area (Å²) < 4.78 is 24.0. The van der Waals surface area contributed by atoms with Crippen molar-refractivity contribution >= 4 is 37.1 Å². The summed E-state index contributed by atoms with van der Waals surface area (Å²) in [6.45, 7) is 2.27. The molecule has 1 unspecified atom stereocenters. The van der Waals surface area contributed by atoms with Crippen molar-refractivity contribution in [2.75, 3.05) is 24.6 Å². The molecule has 18 heavy (non-hydrogen) atoms. The summed E-state index contributed by atoms with van der Waals surface area (Å²) >= 11 is 5.15. The van der Waals surface area contributed by atoms with Crippen LogP contribution >= 0.6 is 27.3 Å². The molecule has 1 fully saturated rings. The van der Waals surface area contributed by atoms with Crippen LogP contribution in [0.25, 0.3) is 0 Å². The maximum absolute atomic E-state index is 11.5. The normalized spacial score (nSPS) is 23.1. The van der Waals surface area contributed by atoms with Gasteiger partial charge in [-0.15, -0.1) is 11.3 Å². The molecule has 2 rings (SSSR count). The summed E-state index contributed by atoms with van der Waals surface area (Å²) in [7, 11) is -2.81. The first-order valence-electron chi connectivity index (χ1n) is 5.94. The van der Waals surface area contributed by atoms with Crippen LogP contribution in [0.3, 0.4) is 0 Å². The molecule has 1 aromatic heterocycles. The zero-order valence-corrected chi connectivity index (χ0v) is 13.2. The van der Waals surface area contributed by atoms with Gasteiger partial charge in [-0.3, -0.25) is 0 Å². The first-order valence-corrected chi connectivity index (χ1v) is 9.37. The largest absolute Gasteiger partial charge is 0.312 e. The van der Waals surface area contributed by atoms with E-state index in [-0.39, 0.29) is 17.5 Å². The minimum Gasteiger partial charge on any atom is -0.312 e. The fourth-order valence-electron chi connectivity index (χ4n) is 1.99. The second-order valence-electron chi connectivity index (χ2n) is 4.44. The van der Waals surface area contributed by atoms with Crippen LogP contribution in [0.1, 0.15) is 11.3 Å². The number of sulfone groups is 1. The van der Waals surface area contributed by atoms with Crippen molar-refractivity contribution in [3.8, 4) is 0 Å². The third kappa shape index (κ3) is 4.62. The van der Waals surface area contributed by atoms with E-state index in [0.717, 1.165) is 23.3 Å². The molecular weight excluding hydrogens is 336 g/mol. The third-order valence-corrected chi connectivity index (χ3v) is 6.26. The average molecular weight is 353 g/mol. The van der Waals surface area contributed by atoms with Gasteiger partial charge < -0.3 is 10.6 Å². The SMILES string of the molecule is O=S1(=O)CCNC(CCNCc2ccc(Br)s2)C1. The van der Waals surface area contributed by atoms with E-state index in [2.05, 4.69) is 32.6 Å². The van der Waals surface area contributed by atoms with Crippen LogP contribution in [-0.4, -0.2) is 39.1 Å². The third-order valence-electron chi connectivity index (χ3n) is 2.90. The Morgan fingerprint density at radius 2 is 2.33 bits per heavy atom. The van der Waals surface area contributed by atoms with E-state index in [1.54, 1.807) is 11.3 Å². The minimum atomic E-state index is -2.81. The van der Waals surface area contributed by atoms with Gasteiger partial charge in [0.15, 0.2) is 9.84 Å². The predicted octanol–water partition coefficient (Wildman–Crippen LogP) is 1.38. The molecule has 4 nitrogen and oxygen atoms in total. The van der Waals surface area contributed by atoms with Gasteiger partial charge in [0, 0.05) is 24.0 Å². The highest BCUT2D eigenvalue weighted by Crippen LogP contribution is 2.21. The van der Waals surface area contributed by atoms with Crippen LogP contribution in [0.15, 0.2) is 15.9 Å².